The predicted molar refractivity (Wildman–Crippen MR) is 209 cm³/mol. The number of nitrogens with two attached hydrogens (primary N) is 1. The summed E-state index contributed by atoms with van der Waals surface area (Å²) in [5, 5.41) is 12.3. The number of aryl methyl sites for hydroxylation is 1. The molecule has 2 aromatic heterocycles. The second-order valence-corrected chi connectivity index (χ2v) is 12.1. The summed E-state index contributed by atoms with van der Waals surface area (Å²) in [5.74, 6) is -0.130. The predicted octanol–water partition coefficient (Wildman–Crippen LogP) is 6.62. The van der Waals surface area contributed by atoms with Crippen molar-refractivity contribution in [1.29, 1.82) is 0 Å². The fraction of sp³-hybridized carbons (Fsp3) is 0.275. The van der Waals surface area contributed by atoms with E-state index in [2.05, 4.69) is 21.8 Å². The number of nitrogens with one attached hydrogen (secondary N) is 1. The summed E-state index contributed by atoms with van der Waals surface area (Å²) >= 11 is 0. The number of aromatic nitrogens is 3. The number of amides is 1. The number of allylic oxidation sites excluding steroid dienone is 1. The maximum atomic E-state index is 12.4. The van der Waals surface area contributed by atoms with Crippen LogP contribution >= 0.6 is 0 Å². The number of hydrogen-bond acceptors (Lipinski definition) is 8. The summed E-state index contributed by atoms with van der Waals surface area (Å²) in [6, 6.07) is 22.8. The Hall–Kier alpha value is -5.97. The molecule has 0 spiro atoms. The van der Waals surface area contributed by atoms with Crippen molar-refractivity contribution in [2.75, 3.05) is 50.3 Å². The number of para-hydroxylation sites is 1. The van der Waals surface area contributed by atoms with Crippen LogP contribution in [0.5, 0.6) is 0 Å². The fourth-order valence-corrected chi connectivity index (χ4v) is 5.24. The summed E-state index contributed by atoms with van der Waals surface area (Å²) in [7, 11) is 7.80. The van der Waals surface area contributed by atoms with Gasteiger partial charge in [0, 0.05) is 82.2 Å². The lowest BCUT2D eigenvalue weighted by molar-refractivity contribution is -0.131. The lowest BCUT2D eigenvalue weighted by Crippen LogP contribution is -2.26. The van der Waals surface area contributed by atoms with Crippen LogP contribution in [0.15, 0.2) is 91.0 Å². The number of aliphatic carboxylic acids is 1. The highest BCUT2D eigenvalue weighted by Gasteiger charge is 2.17. The third kappa shape index (κ3) is 10.8. The molecule has 2 heterocycles. The number of imidazole rings is 1. The van der Waals surface area contributed by atoms with E-state index in [0.717, 1.165) is 64.5 Å². The van der Waals surface area contributed by atoms with E-state index < -0.39 is 5.97 Å². The Kier molecular flexibility index (Phi) is 14.5. The number of carboxylic acid groups (broad SMARTS) is 1. The molecule has 51 heavy (non-hydrogen) atoms. The van der Waals surface area contributed by atoms with Crippen molar-refractivity contribution in [3.05, 3.63) is 108 Å². The Morgan fingerprint density at radius 3 is 2.10 bits per heavy atom. The lowest BCUT2D eigenvalue weighted by Gasteiger charge is -2.12. The number of benzene rings is 3. The van der Waals surface area contributed by atoms with E-state index in [4.69, 9.17) is 15.8 Å². The number of nitrogen functional groups attached to an aromatic ring is 1. The highest BCUT2D eigenvalue weighted by Crippen LogP contribution is 2.29. The maximum Gasteiger partial charge on any atom is 0.328 e. The Morgan fingerprint density at radius 2 is 1.49 bits per heavy atom. The number of nitrogens with zero attached hydrogens (tertiary/aromatic N) is 5. The number of carboxylic acids is 1. The van der Waals surface area contributed by atoms with Gasteiger partial charge >= 0.3 is 5.97 Å². The molecule has 0 bridgehead atoms. The van der Waals surface area contributed by atoms with Crippen LogP contribution in [0.25, 0.3) is 28.0 Å². The summed E-state index contributed by atoms with van der Waals surface area (Å²) in [4.78, 5) is 48.4. The molecule has 5 aromatic rings. The molecule has 5 rings (SSSR count). The van der Waals surface area contributed by atoms with E-state index in [1.165, 1.54) is 12.2 Å². The first kappa shape index (κ1) is 39.5. The number of unbranched alkanes of at least 4 members (excludes halogenated alkanes) is 1. The lowest BCUT2D eigenvalue weighted by atomic mass is 10.1. The van der Waals surface area contributed by atoms with E-state index in [0.29, 0.717) is 30.0 Å². The van der Waals surface area contributed by atoms with E-state index >= 15 is 0 Å². The van der Waals surface area contributed by atoms with Gasteiger partial charge in [-0.25, -0.2) is 14.8 Å². The molecular formula is C40H49N7O4. The molecule has 11 nitrogen and oxygen atoms in total. The first-order valence-electron chi connectivity index (χ1n) is 16.5. The summed E-state index contributed by atoms with van der Waals surface area (Å²) in [5.41, 5.74) is 12.2. The first-order chi connectivity index (χ1) is 24.0. The van der Waals surface area contributed by atoms with Gasteiger partial charge in [0.15, 0.2) is 11.6 Å². The molecule has 268 valence electrons. The molecule has 0 fully saturated rings. The summed E-state index contributed by atoms with van der Waals surface area (Å²) in [6.45, 7) is 3.06. The van der Waals surface area contributed by atoms with Crippen molar-refractivity contribution in [3.8, 4) is 0 Å². The van der Waals surface area contributed by atoms with Gasteiger partial charge in [-0.2, -0.15) is 0 Å². The minimum absolute atomic E-state index is 0. The van der Waals surface area contributed by atoms with Crippen LogP contribution in [0.2, 0.25) is 0 Å². The molecule has 0 unspecified atom stereocenters. The molecule has 0 aliphatic rings. The molecule has 0 saturated carbocycles. The van der Waals surface area contributed by atoms with Crippen LogP contribution in [0.4, 0.5) is 17.2 Å². The molecule has 3 aromatic carbocycles. The quantitative estimate of drug-likeness (QED) is 0.0916. The third-order valence-electron chi connectivity index (χ3n) is 7.96. The number of fused-ring (bicyclic) bond motifs is 3. The summed E-state index contributed by atoms with van der Waals surface area (Å²) < 4.78 is 2.13. The van der Waals surface area contributed by atoms with Crippen LogP contribution < -0.4 is 20.9 Å². The number of carbonyl (C=O) groups excluding carboxylic acids is 2. The van der Waals surface area contributed by atoms with Crippen molar-refractivity contribution < 1.29 is 19.5 Å². The fourth-order valence-electron chi connectivity index (χ4n) is 5.24. The molecule has 0 saturated heterocycles. The van der Waals surface area contributed by atoms with Crippen molar-refractivity contribution in [3.63, 3.8) is 0 Å². The molecular weight excluding hydrogens is 642 g/mol. The molecule has 0 aliphatic heterocycles. The number of pyridine rings is 1. The van der Waals surface area contributed by atoms with Crippen LogP contribution in [-0.2, 0) is 22.6 Å². The Morgan fingerprint density at radius 1 is 0.863 bits per heavy atom. The number of hydrogen-bond donors (Lipinski definition) is 3. The van der Waals surface area contributed by atoms with Crippen molar-refractivity contribution in [1.82, 2.24) is 19.9 Å². The van der Waals surface area contributed by atoms with E-state index in [9.17, 15) is 14.4 Å². The highest BCUT2D eigenvalue weighted by molar-refractivity contribution is 6.08. The Bertz CT molecular complexity index is 1990. The van der Waals surface area contributed by atoms with E-state index in [1.54, 1.807) is 18.2 Å². The van der Waals surface area contributed by atoms with Gasteiger partial charge in [0.2, 0.25) is 5.91 Å². The maximum absolute atomic E-state index is 12.4. The average molecular weight is 692 g/mol. The SMILES string of the molecule is C.CCCCc1nc2c(N)nc3ccccc3c2n1CCNC(=O)/C=C/C(=O)c1ccc(N(C)C)cc1.CN(C)c1ccc(/C=C/C(=O)O)cc1. The van der Waals surface area contributed by atoms with Gasteiger partial charge in [0.05, 0.1) is 11.0 Å². The van der Waals surface area contributed by atoms with Crippen molar-refractivity contribution in [2.45, 2.75) is 40.2 Å². The monoisotopic (exact) mass is 691 g/mol. The molecule has 11 heteroatoms. The van der Waals surface area contributed by atoms with Gasteiger partial charge in [-0.1, -0.05) is 51.1 Å². The minimum atomic E-state index is -0.929. The standard InChI is InChI=1S/C28H32N6O2.C11H13NO2.CH4/c1-4-5-10-24-32-26-27(21-8-6-7-9-22(21)31-28(26)29)34(24)18-17-30-25(36)16-15-23(35)19-11-13-20(14-12-19)33(2)3;1-12(2)10-6-3-9(4-7-10)5-8-11(13)14;/h6-9,11-16H,4-5,10,17-18H2,1-3H3,(H2,29,31)(H,30,36);3-8H,1-2H3,(H,13,14);1H4/b16-15+;8-5+;. The van der Waals surface area contributed by atoms with E-state index in [-0.39, 0.29) is 19.1 Å². The van der Waals surface area contributed by atoms with E-state index in [1.807, 2.05) is 98.7 Å². The van der Waals surface area contributed by atoms with Gasteiger partial charge in [-0.05, 0) is 66.6 Å². The number of carbonyl (C=O) groups is 3. The minimum Gasteiger partial charge on any atom is -0.478 e. The molecule has 4 N–H and O–H groups in total. The van der Waals surface area contributed by atoms with Crippen LogP contribution in [0.1, 0.15) is 48.9 Å². The van der Waals surface area contributed by atoms with Gasteiger partial charge in [-0.3, -0.25) is 9.59 Å². The molecule has 1 amide bonds. The largest absolute Gasteiger partial charge is 0.478 e. The van der Waals surface area contributed by atoms with Crippen molar-refractivity contribution in [2.24, 2.45) is 0 Å². The zero-order valence-electron chi connectivity index (χ0n) is 29.3. The van der Waals surface area contributed by atoms with Gasteiger partial charge in [0.25, 0.3) is 0 Å². The Labute approximate surface area is 300 Å². The van der Waals surface area contributed by atoms with Crippen LogP contribution in [0.3, 0.4) is 0 Å². The summed E-state index contributed by atoms with van der Waals surface area (Å²) in [6.07, 6.45) is 8.15. The van der Waals surface area contributed by atoms with Crippen molar-refractivity contribution >= 4 is 62.9 Å². The average Bonchev–Trinajstić information content (AvgIpc) is 3.48. The molecule has 0 radical (unpaired) electrons. The number of anilines is 3. The number of ketones is 1. The number of rotatable bonds is 13. The van der Waals surface area contributed by atoms with Crippen LogP contribution in [0, 0.1) is 0 Å². The zero-order chi connectivity index (χ0) is 36.2. The molecule has 0 aliphatic carbocycles. The van der Waals surface area contributed by atoms with Crippen LogP contribution in [-0.4, -0.2) is 72.0 Å². The van der Waals surface area contributed by atoms with Gasteiger partial charge in [0.1, 0.15) is 11.3 Å². The normalized spacial score (nSPS) is 10.9. The first-order valence-corrected chi connectivity index (χ1v) is 16.5. The second-order valence-electron chi connectivity index (χ2n) is 12.1. The van der Waals surface area contributed by atoms with Gasteiger partial charge in [-0.15, -0.1) is 0 Å². The third-order valence-corrected chi connectivity index (χ3v) is 7.96. The smallest absolute Gasteiger partial charge is 0.328 e. The zero-order valence-corrected chi connectivity index (χ0v) is 29.3. The van der Waals surface area contributed by atoms with Gasteiger partial charge < -0.3 is 30.5 Å². The highest BCUT2D eigenvalue weighted by atomic mass is 16.4. The second kappa shape index (κ2) is 18.7. The molecule has 0 atom stereocenters. The topological polar surface area (TPSA) is 147 Å². The Balaban J connectivity index is 0.000000395.